The lowest BCUT2D eigenvalue weighted by molar-refractivity contribution is 0.100. The van der Waals surface area contributed by atoms with Crippen LogP contribution in [0, 0.1) is 0 Å². The normalized spacial score (nSPS) is 11.2. The highest BCUT2D eigenvalue weighted by Crippen LogP contribution is 2.09. The Balaban J connectivity index is 2.35. The maximum absolute atomic E-state index is 11.4. The van der Waals surface area contributed by atoms with Crippen molar-refractivity contribution in [3.63, 3.8) is 0 Å². The Hall–Kier alpha value is -1.27. The number of hydrogen-bond donors (Lipinski definition) is 2. The summed E-state index contributed by atoms with van der Waals surface area (Å²) in [4.78, 5) is 10.9. The van der Waals surface area contributed by atoms with Crippen LogP contribution in [-0.4, -0.2) is 38.3 Å². The molecule has 0 unspecified atom stereocenters. The summed E-state index contributed by atoms with van der Waals surface area (Å²) in [7, 11) is -3.04. The van der Waals surface area contributed by atoms with Gasteiger partial charge in [-0.05, 0) is 30.7 Å². The van der Waals surface area contributed by atoms with E-state index in [0.717, 1.165) is 5.69 Å². The van der Waals surface area contributed by atoms with E-state index in [2.05, 4.69) is 5.32 Å². The number of carbonyl (C=O) groups excluding carboxylic acids is 1. The Labute approximate surface area is 118 Å². The number of carbonyl (C=O) groups is 1. The first-order valence-electron chi connectivity index (χ1n) is 5.85. The smallest absolute Gasteiger partial charge is 0.248 e. The number of rotatable bonds is 8. The molecule has 0 aliphatic heterocycles. The summed E-state index contributed by atoms with van der Waals surface area (Å²) >= 11 is 5.40. The van der Waals surface area contributed by atoms with E-state index < -0.39 is 15.7 Å². The molecule has 1 amide bonds. The van der Waals surface area contributed by atoms with E-state index in [-0.39, 0.29) is 17.4 Å². The number of nitrogens with two attached hydrogens (primary N) is 1. The number of sulfone groups is 1. The molecule has 0 spiro atoms. The van der Waals surface area contributed by atoms with E-state index in [1.807, 2.05) is 0 Å². The van der Waals surface area contributed by atoms with Crippen molar-refractivity contribution in [3.8, 4) is 0 Å². The fourth-order valence-electron chi connectivity index (χ4n) is 1.50. The van der Waals surface area contributed by atoms with Gasteiger partial charge in [-0.25, -0.2) is 8.42 Å². The molecule has 0 saturated heterocycles. The number of primary amides is 1. The molecule has 3 N–H and O–H groups in total. The molecule has 106 valence electrons. The molecule has 1 aromatic carbocycles. The largest absolute Gasteiger partial charge is 0.385 e. The number of anilines is 1. The molecule has 0 bridgehead atoms. The lowest BCUT2D eigenvalue weighted by Gasteiger charge is -2.07. The molecular formula is C12H17ClN2O3S. The van der Waals surface area contributed by atoms with Gasteiger partial charge in [0.05, 0.1) is 11.5 Å². The maximum atomic E-state index is 11.4. The van der Waals surface area contributed by atoms with Crippen molar-refractivity contribution in [3.05, 3.63) is 29.8 Å². The quantitative estimate of drug-likeness (QED) is 0.558. The van der Waals surface area contributed by atoms with Crippen LogP contribution in [0.3, 0.4) is 0 Å². The van der Waals surface area contributed by atoms with Crippen molar-refractivity contribution in [1.29, 1.82) is 0 Å². The van der Waals surface area contributed by atoms with Crippen molar-refractivity contribution in [2.24, 2.45) is 5.73 Å². The molecule has 5 nitrogen and oxygen atoms in total. The van der Waals surface area contributed by atoms with E-state index in [1.165, 1.54) is 0 Å². The molecule has 0 saturated carbocycles. The van der Waals surface area contributed by atoms with Crippen LogP contribution < -0.4 is 11.1 Å². The summed E-state index contributed by atoms with van der Waals surface area (Å²) in [5.74, 6) is -0.211. The molecular weight excluding hydrogens is 288 g/mol. The minimum absolute atomic E-state index is 0.0157. The highest BCUT2D eigenvalue weighted by Gasteiger charge is 2.08. The van der Waals surface area contributed by atoms with Gasteiger partial charge in [0.1, 0.15) is 0 Å². The van der Waals surface area contributed by atoms with Gasteiger partial charge in [0.2, 0.25) is 5.91 Å². The van der Waals surface area contributed by atoms with Crippen molar-refractivity contribution in [2.75, 3.05) is 29.2 Å². The van der Waals surface area contributed by atoms with E-state index in [1.54, 1.807) is 24.3 Å². The van der Waals surface area contributed by atoms with Crippen molar-refractivity contribution < 1.29 is 13.2 Å². The molecule has 0 aliphatic carbocycles. The van der Waals surface area contributed by atoms with E-state index in [0.29, 0.717) is 18.5 Å². The number of alkyl halides is 1. The summed E-state index contributed by atoms with van der Waals surface area (Å²) in [5.41, 5.74) is 6.38. The van der Waals surface area contributed by atoms with Gasteiger partial charge in [0.25, 0.3) is 0 Å². The molecule has 0 aromatic heterocycles. The second kappa shape index (κ2) is 7.35. The first-order chi connectivity index (χ1) is 8.94. The minimum Gasteiger partial charge on any atom is -0.385 e. The van der Waals surface area contributed by atoms with Gasteiger partial charge < -0.3 is 11.1 Å². The van der Waals surface area contributed by atoms with Gasteiger partial charge in [-0.3, -0.25) is 4.79 Å². The molecule has 1 aromatic rings. The Morgan fingerprint density at radius 1 is 1.21 bits per heavy atom. The third-order valence-electron chi connectivity index (χ3n) is 2.52. The maximum Gasteiger partial charge on any atom is 0.248 e. The minimum atomic E-state index is -3.04. The van der Waals surface area contributed by atoms with Crippen LogP contribution in [0.4, 0.5) is 5.69 Å². The summed E-state index contributed by atoms with van der Waals surface area (Å²) in [6, 6.07) is 6.70. The van der Waals surface area contributed by atoms with Gasteiger partial charge in [0, 0.05) is 23.7 Å². The highest BCUT2D eigenvalue weighted by atomic mass is 35.5. The van der Waals surface area contributed by atoms with Crippen molar-refractivity contribution in [2.45, 2.75) is 6.42 Å². The Kier molecular flexibility index (Phi) is 6.11. The average molecular weight is 305 g/mol. The predicted octanol–water partition coefficient (Wildman–Crippen LogP) is 1.24. The van der Waals surface area contributed by atoms with Crippen molar-refractivity contribution in [1.82, 2.24) is 0 Å². The zero-order valence-electron chi connectivity index (χ0n) is 10.4. The van der Waals surface area contributed by atoms with Crippen LogP contribution in [0.1, 0.15) is 16.8 Å². The van der Waals surface area contributed by atoms with Crippen LogP contribution in [0.2, 0.25) is 0 Å². The number of halogens is 1. The Morgan fingerprint density at radius 3 is 2.37 bits per heavy atom. The van der Waals surface area contributed by atoms with Crippen LogP contribution in [0.5, 0.6) is 0 Å². The lowest BCUT2D eigenvalue weighted by atomic mass is 10.2. The topological polar surface area (TPSA) is 89.3 Å². The Bertz CT molecular complexity index is 514. The van der Waals surface area contributed by atoms with Crippen LogP contribution in [0.15, 0.2) is 24.3 Å². The van der Waals surface area contributed by atoms with Gasteiger partial charge in [-0.2, -0.15) is 0 Å². The average Bonchev–Trinajstić information content (AvgIpc) is 2.35. The van der Waals surface area contributed by atoms with E-state index >= 15 is 0 Å². The molecule has 0 heterocycles. The van der Waals surface area contributed by atoms with Crippen LogP contribution in [0.25, 0.3) is 0 Å². The standard InChI is InChI=1S/C12H17ClN2O3S/c13-6-9-19(17,18)8-1-7-15-11-4-2-10(3-5-11)12(14)16/h2-5,15H,1,6-9H2,(H2,14,16). The third-order valence-corrected chi connectivity index (χ3v) is 4.67. The third kappa shape index (κ3) is 5.94. The zero-order valence-corrected chi connectivity index (χ0v) is 12.0. The lowest BCUT2D eigenvalue weighted by Crippen LogP contribution is -2.15. The summed E-state index contributed by atoms with van der Waals surface area (Å²) in [5, 5.41) is 3.08. The monoisotopic (exact) mass is 304 g/mol. The fraction of sp³-hybridized carbons (Fsp3) is 0.417. The van der Waals surface area contributed by atoms with Gasteiger partial charge >= 0.3 is 0 Å². The second-order valence-corrected chi connectivity index (χ2v) is 6.74. The second-order valence-electron chi connectivity index (χ2n) is 4.06. The van der Waals surface area contributed by atoms with Gasteiger partial charge in [-0.1, -0.05) is 0 Å². The zero-order chi connectivity index (χ0) is 14.3. The molecule has 0 radical (unpaired) electrons. The fourth-order valence-corrected chi connectivity index (χ4v) is 3.23. The number of benzene rings is 1. The van der Waals surface area contributed by atoms with E-state index in [4.69, 9.17) is 17.3 Å². The molecule has 1 rings (SSSR count). The molecule has 19 heavy (non-hydrogen) atoms. The molecule has 0 fully saturated rings. The SMILES string of the molecule is NC(=O)c1ccc(NCCCS(=O)(=O)CCCl)cc1. The summed E-state index contributed by atoms with van der Waals surface area (Å²) < 4.78 is 22.8. The first kappa shape index (κ1) is 15.8. The molecule has 0 atom stereocenters. The number of amides is 1. The summed E-state index contributed by atoms with van der Waals surface area (Å²) in [6.07, 6.45) is 0.511. The van der Waals surface area contributed by atoms with Crippen LogP contribution >= 0.6 is 11.6 Å². The summed E-state index contributed by atoms with van der Waals surface area (Å²) in [6.45, 7) is 0.539. The van der Waals surface area contributed by atoms with Crippen molar-refractivity contribution >= 4 is 33.0 Å². The number of hydrogen-bond acceptors (Lipinski definition) is 4. The van der Waals surface area contributed by atoms with E-state index in [9.17, 15) is 13.2 Å². The predicted molar refractivity (Wildman–Crippen MR) is 77.4 cm³/mol. The van der Waals surface area contributed by atoms with Gasteiger partial charge in [-0.15, -0.1) is 11.6 Å². The Morgan fingerprint density at radius 2 is 1.84 bits per heavy atom. The highest BCUT2D eigenvalue weighted by molar-refractivity contribution is 7.91. The van der Waals surface area contributed by atoms with Crippen LogP contribution in [-0.2, 0) is 9.84 Å². The molecule has 7 heteroatoms. The molecule has 0 aliphatic rings. The number of nitrogens with one attached hydrogen (secondary N) is 1. The van der Waals surface area contributed by atoms with Gasteiger partial charge in [0.15, 0.2) is 9.84 Å². The first-order valence-corrected chi connectivity index (χ1v) is 8.20.